The summed E-state index contributed by atoms with van der Waals surface area (Å²) in [6.45, 7) is 7.02. The number of nitrogens with one attached hydrogen (secondary N) is 1. The van der Waals surface area contributed by atoms with Gasteiger partial charge >= 0.3 is 5.76 Å². The van der Waals surface area contributed by atoms with E-state index in [2.05, 4.69) is 38.4 Å². The summed E-state index contributed by atoms with van der Waals surface area (Å²) < 4.78 is 27.1. The number of aromatic amines is 1. The van der Waals surface area contributed by atoms with Crippen LogP contribution in [0.2, 0.25) is 5.02 Å². The Bertz CT molecular complexity index is 1500. The average Bonchev–Trinajstić information content (AvgIpc) is 3.48. The molecule has 200 valence electrons. The molecule has 1 saturated heterocycles. The zero-order valence-corrected chi connectivity index (χ0v) is 22.0. The van der Waals surface area contributed by atoms with Gasteiger partial charge in [0.2, 0.25) is 17.6 Å². The molecular weight excluding hydrogens is 513 g/mol. The van der Waals surface area contributed by atoms with Crippen LogP contribution in [0, 0.1) is 17.7 Å². The fraction of sp³-hybridized carbons (Fsp3) is 0.500. The number of hydrogen-bond donors (Lipinski definition) is 1. The highest BCUT2D eigenvalue weighted by Gasteiger charge is 2.30. The molecule has 1 aromatic carbocycles. The minimum Gasteiger partial charge on any atom is -0.377 e. The number of fused-ring (bicyclic) bond motifs is 1. The molecule has 4 aromatic rings. The van der Waals surface area contributed by atoms with Crippen LogP contribution in [0.4, 0.5) is 10.3 Å². The molecule has 1 saturated carbocycles. The number of nitrogens with zero attached hydrogens (tertiary/aromatic N) is 6. The smallest absolute Gasteiger partial charge is 0.377 e. The zero-order chi connectivity index (χ0) is 26.4. The molecule has 0 unspecified atom stereocenters. The molecule has 3 aromatic heterocycles. The van der Waals surface area contributed by atoms with Gasteiger partial charge in [0, 0.05) is 23.7 Å². The summed E-state index contributed by atoms with van der Waals surface area (Å²) >= 11 is 6.26. The van der Waals surface area contributed by atoms with Crippen molar-refractivity contribution in [2.24, 2.45) is 11.8 Å². The first-order valence-corrected chi connectivity index (χ1v) is 13.4. The number of imidazole rings is 1. The molecule has 1 atom stereocenters. The molecule has 0 amide bonds. The van der Waals surface area contributed by atoms with Gasteiger partial charge in [-0.05, 0) is 49.8 Å². The van der Waals surface area contributed by atoms with Crippen molar-refractivity contribution in [2.45, 2.75) is 52.1 Å². The maximum atomic E-state index is 14.6. The summed E-state index contributed by atoms with van der Waals surface area (Å²) in [4.78, 5) is 30.8. The Morgan fingerprint density at radius 2 is 1.95 bits per heavy atom. The molecule has 12 heteroatoms. The molecule has 0 bridgehead atoms. The van der Waals surface area contributed by atoms with Crippen LogP contribution < -0.4 is 10.7 Å². The summed E-state index contributed by atoms with van der Waals surface area (Å²) in [5, 5.41) is 4.01. The molecule has 2 fully saturated rings. The molecule has 2 aliphatic rings. The summed E-state index contributed by atoms with van der Waals surface area (Å²) in [6.07, 6.45) is 4.62. The van der Waals surface area contributed by atoms with E-state index >= 15 is 0 Å². The van der Waals surface area contributed by atoms with E-state index in [4.69, 9.17) is 30.8 Å². The topological polar surface area (TPSA) is 115 Å². The highest BCUT2D eigenvalue weighted by molar-refractivity contribution is 6.30. The van der Waals surface area contributed by atoms with Crippen molar-refractivity contribution in [3.63, 3.8) is 0 Å². The molecule has 4 heterocycles. The Labute approximate surface area is 223 Å². The van der Waals surface area contributed by atoms with Gasteiger partial charge in [0.05, 0.1) is 19.3 Å². The van der Waals surface area contributed by atoms with Crippen LogP contribution in [0.15, 0.2) is 27.5 Å². The van der Waals surface area contributed by atoms with Crippen LogP contribution in [0.25, 0.3) is 34.1 Å². The van der Waals surface area contributed by atoms with E-state index in [1.54, 1.807) is 6.07 Å². The zero-order valence-electron chi connectivity index (χ0n) is 21.3. The van der Waals surface area contributed by atoms with Crippen LogP contribution in [-0.4, -0.2) is 55.5 Å². The van der Waals surface area contributed by atoms with Gasteiger partial charge in [-0.2, -0.15) is 4.98 Å². The number of morpholine rings is 1. The van der Waals surface area contributed by atoms with Crippen molar-refractivity contribution in [1.29, 1.82) is 0 Å². The predicted octanol–water partition coefficient (Wildman–Crippen LogP) is 4.68. The second-order valence-corrected chi connectivity index (χ2v) is 10.9. The van der Waals surface area contributed by atoms with Gasteiger partial charge in [0.15, 0.2) is 5.65 Å². The van der Waals surface area contributed by atoms with E-state index < -0.39 is 11.6 Å². The number of ether oxygens (including phenoxy) is 1. The van der Waals surface area contributed by atoms with Crippen molar-refractivity contribution >= 4 is 28.7 Å². The Morgan fingerprint density at radius 1 is 1.13 bits per heavy atom. The van der Waals surface area contributed by atoms with E-state index in [9.17, 15) is 9.18 Å². The van der Waals surface area contributed by atoms with Crippen molar-refractivity contribution in [1.82, 2.24) is 29.7 Å². The fourth-order valence-electron chi connectivity index (χ4n) is 5.53. The Hall–Kier alpha value is -3.31. The van der Waals surface area contributed by atoms with Crippen molar-refractivity contribution in [3.05, 3.63) is 39.6 Å². The lowest BCUT2D eigenvalue weighted by atomic mass is 9.83. The molecule has 1 aliphatic heterocycles. The Balaban J connectivity index is 1.59. The largest absolute Gasteiger partial charge is 0.439 e. The van der Waals surface area contributed by atoms with Crippen LogP contribution in [0.3, 0.4) is 0 Å². The molecule has 38 heavy (non-hydrogen) atoms. The third-order valence-electron chi connectivity index (χ3n) is 7.57. The molecule has 0 spiro atoms. The summed E-state index contributed by atoms with van der Waals surface area (Å²) in [7, 11) is 0. The number of rotatable bonds is 5. The van der Waals surface area contributed by atoms with Gasteiger partial charge in [0.25, 0.3) is 0 Å². The summed E-state index contributed by atoms with van der Waals surface area (Å²) in [6, 6.07) is 4.41. The average molecular weight is 542 g/mol. The van der Waals surface area contributed by atoms with E-state index in [-0.39, 0.29) is 22.7 Å². The molecule has 6 rings (SSSR count). The number of anilines is 1. The van der Waals surface area contributed by atoms with Gasteiger partial charge in [-0.15, -0.1) is 0 Å². The first kappa shape index (κ1) is 25.0. The molecule has 0 radical (unpaired) electrons. The molecule has 10 nitrogen and oxygen atoms in total. The SMILES string of the molecule is CC1CCC(Cn2c(N3CCOC[C@H]3C)nc3nc(-c4noc(=O)[nH]4)nc(-c4cc(F)cc(Cl)c4)c32)CC1. The van der Waals surface area contributed by atoms with E-state index in [1.165, 1.54) is 25.0 Å². The monoisotopic (exact) mass is 541 g/mol. The van der Waals surface area contributed by atoms with Crippen LogP contribution >= 0.6 is 11.6 Å². The van der Waals surface area contributed by atoms with Crippen molar-refractivity contribution in [3.8, 4) is 22.9 Å². The number of hydrogen-bond acceptors (Lipinski definition) is 8. The van der Waals surface area contributed by atoms with E-state index in [0.717, 1.165) is 31.3 Å². The first-order chi connectivity index (χ1) is 18.4. The standard InChI is InChI=1S/C26H29ClFN7O3/c1-14-3-5-16(6-4-14)12-35-21-20(17-9-18(27)11-19(28)10-17)29-23(24-32-26(36)38-33-24)30-22(21)31-25(35)34-7-8-37-13-15(34)2/h9-11,14-16H,3-8,12-13H2,1-2H3,(H,32,33,36)/t14?,15-,16?/m1/s1. The Kier molecular flexibility index (Phi) is 6.65. The van der Waals surface area contributed by atoms with Gasteiger partial charge < -0.3 is 14.2 Å². The first-order valence-electron chi connectivity index (χ1n) is 13.0. The number of halogens is 2. The highest BCUT2D eigenvalue weighted by Crippen LogP contribution is 2.37. The lowest BCUT2D eigenvalue weighted by molar-refractivity contribution is 0.0976. The van der Waals surface area contributed by atoms with E-state index in [0.29, 0.717) is 48.1 Å². The Morgan fingerprint density at radius 3 is 2.66 bits per heavy atom. The van der Waals surface area contributed by atoms with Crippen LogP contribution in [-0.2, 0) is 11.3 Å². The maximum Gasteiger partial charge on any atom is 0.439 e. The predicted molar refractivity (Wildman–Crippen MR) is 141 cm³/mol. The summed E-state index contributed by atoms with van der Waals surface area (Å²) in [5.74, 6) is 0.954. The lowest BCUT2D eigenvalue weighted by Gasteiger charge is -2.35. The fourth-order valence-corrected chi connectivity index (χ4v) is 5.76. The molecule has 1 N–H and O–H groups in total. The van der Waals surface area contributed by atoms with Gasteiger partial charge in [-0.1, -0.05) is 36.5 Å². The third kappa shape index (κ3) is 4.80. The van der Waals surface area contributed by atoms with E-state index in [1.807, 2.05) is 0 Å². The van der Waals surface area contributed by atoms with Crippen molar-refractivity contribution in [2.75, 3.05) is 24.7 Å². The van der Waals surface area contributed by atoms with Crippen LogP contribution in [0.1, 0.15) is 39.5 Å². The number of aromatic nitrogens is 6. The second-order valence-electron chi connectivity index (χ2n) is 10.4. The quantitative estimate of drug-likeness (QED) is 0.387. The van der Waals surface area contributed by atoms with Crippen molar-refractivity contribution < 1.29 is 13.7 Å². The molecule has 1 aliphatic carbocycles. The van der Waals surface area contributed by atoms with Crippen LogP contribution in [0.5, 0.6) is 0 Å². The normalized spacial score (nSPS) is 22.3. The lowest BCUT2D eigenvalue weighted by Crippen LogP contribution is -2.45. The summed E-state index contributed by atoms with van der Waals surface area (Å²) in [5.41, 5.74) is 2.05. The maximum absolute atomic E-state index is 14.6. The van der Waals surface area contributed by atoms with Gasteiger partial charge in [-0.25, -0.2) is 19.2 Å². The second kappa shape index (κ2) is 10.1. The minimum absolute atomic E-state index is 0.0674. The highest BCUT2D eigenvalue weighted by atomic mass is 35.5. The van der Waals surface area contributed by atoms with Gasteiger partial charge in [0.1, 0.15) is 17.0 Å². The number of H-pyrrole nitrogens is 1. The minimum atomic E-state index is -0.723. The van der Waals surface area contributed by atoms with Gasteiger partial charge in [-0.3, -0.25) is 9.51 Å². The third-order valence-corrected chi connectivity index (χ3v) is 7.79. The number of benzene rings is 1. The molecular formula is C26H29ClFN7O3.